The van der Waals surface area contributed by atoms with Crippen molar-refractivity contribution in [1.29, 1.82) is 0 Å². The number of hydrogen-bond donors (Lipinski definition) is 1. The fourth-order valence-electron chi connectivity index (χ4n) is 2.25. The molecule has 0 aromatic carbocycles. The highest BCUT2D eigenvalue weighted by atomic mass is 32.1. The summed E-state index contributed by atoms with van der Waals surface area (Å²) in [5, 5.41) is 0. The van der Waals surface area contributed by atoms with Crippen molar-refractivity contribution in [1.82, 2.24) is 0 Å². The van der Waals surface area contributed by atoms with Gasteiger partial charge in [0.1, 0.15) is 6.10 Å². The van der Waals surface area contributed by atoms with E-state index in [4.69, 9.17) is 15.2 Å². The number of thiophene rings is 1. The SMILES string of the molecule is Cc1ccc(C(OCC2CCOCC2)C(C)N)s1. The maximum atomic E-state index is 6.07. The summed E-state index contributed by atoms with van der Waals surface area (Å²) in [6, 6.07) is 4.30. The van der Waals surface area contributed by atoms with Gasteiger partial charge in [-0.05, 0) is 44.7 Å². The molecule has 1 saturated heterocycles. The largest absolute Gasteiger partial charge is 0.381 e. The van der Waals surface area contributed by atoms with Gasteiger partial charge in [0.05, 0.1) is 6.61 Å². The molecule has 1 aliphatic heterocycles. The molecular formula is C14H23NO2S. The third-order valence-electron chi connectivity index (χ3n) is 3.37. The van der Waals surface area contributed by atoms with Gasteiger partial charge < -0.3 is 15.2 Å². The molecule has 0 saturated carbocycles. The van der Waals surface area contributed by atoms with E-state index in [0.29, 0.717) is 5.92 Å². The third kappa shape index (κ3) is 3.79. The molecular weight excluding hydrogens is 246 g/mol. The van der Waals surface area contributed by atoms with E-state index in [0.717, 1.165) is 32.7 Å². The van der Waals surface area contributed by atoms with Gasteiger partial charge >= 0.3 is 0 Å². The fourth-order valence-corrected chi connectivity index (χ4v) is 3.29. The van der Waals surface area contributed by atoms with E-state index in [-0.39, 0.29) is 12.1 Å². The molecule has 3 nitrogen and oxygen atoms in total. The van der Waals surface area contributed by atoms with E-state index >= 15 is 0 Å². The van der Waals surface area contributed by atoms with Crippen molar-refractivity contribution in [3.63, 3.8) is 0 Å². The second kappa shape index (κ2) is 6.66. The molecule has 0 amide bonds. The Balaban J connectivity index is 1.90. The van der Waals surface area contributed by atoms with Gasteiger partial charge in [0, 0.05) is 29.0 Å². The third-order valence-corrected chi connectivity index (χ3v) is 4.43. The van der Waals surface area contributed by atoms with Crippen LogP contribution in [0.1, 0.15) is 35.6 Å². The zero-order valence-electron chi connectivity index (χ0n) is 11.2. The lowest BCUT2D eigenvalue weighted by Gasteiger charge is -2.26. The van der Waals surface area contributed by atoms with Crippen LogP contribution in [-0.2, 0) is 9.47 Å². The van der Waals surface area contributed by atoms with Crippen LogP contribution in [0.25, 0.3) is 0 Å². The van der Waals surface area contributed by atoms with E-state index < -0.39 is 0 Å². The zero-order chi connectivity index (χ0) is 13.0. The minimum Gasteiger partial charge on any atom is -0.381 e. The van der Waals surface area contributed by atoms with Gasteiger partial charge in [0.25, 0.3) is 0 Å². The number of ether oxygens (including phenoxy) is 2. The van der Waals surface area contributed by atoms with Gasteiger partial charge in [-0.25, -0.2) is 0 Å². The highest BCUT2D eigenvalue weighted by Gasteiger charge is 2.21. The summed E-state index contributed by atoms with van der Waals surface area (Å²) in [5.74, 6) is 0.626. The van der Waals surface area contributed by atoms with Crippen LogP contribution in [0.2, 0.25) is 0 Å². The molecule has 2 heterocycles. The first-order chi connectivity index (χ1) is 8.66. The molecule has 18 heavy (non-hydrogen) atoms. The average Bonchev–Trinajstić information content (AvgIpc) is 2.77. The summed E-state index contributed by atoms with van der Waals surface area (Å²) in [7, 11) is 0. The Morgan fingerprint density at radius 1 is 1.44 bits per heavy atom. The second-order valence-electron chi connectivity index (χ2n) is 5.12. The Kier molecular flexibility index (Phi) is 5.18. The standard InChI is InChI=1S/C14H23NO2S/c1-10-3-4-13(18-10)14(11(2)15)17-9-12-5-7-16-8-6-12/h3-4,11-12,14H,5-9,15H2,1-2H3. The van der Waals surface area contributed by atoms with Gasteiger partial charge in [0.2, 0.25) is 0 Å². The van der Waals surface area contributed by atoms with Crippen molar-refractivity contribution in [2.24, 2.45) is 11.7 Å². The predicted molar refractivity (Wildman–Crippen MR) is 74.9 cm³/mol. The van der Waals surface area contributed by atoms with Crippen LogP contribution in [0.15, 0.2) is 12.1 Å². The van der Waals surface area contributed by atoms with Gasteiger partial charge in [0.15, 0.2) is 0 Å². The highest BCUT2D eigenvalue weighted by molar-refractivity contribution is 7.12. The Morgan fingerprint density at radius 2 is 2.17 bits per heavy atom. The van der Waals surface area contributed by atoms with E-state index in [1.165, 1.54) is 9.75 Å². The molecule has 0 bridgehead atoms. The van der Waals surface area contributed by atoms with E-state index in [9.17, 15) is 0 Å². The minimum absolute atomic E-state index is 0.0305. The van der Waals surface area contributed by atoms with Crippen molar-refractivity contribution in [3.8, 4) is 0 Å². The van der Waals surface area contributed by atoms with Crippen LogP contribution < -0.4 is 5.73 Å². The van der Waals surface area contributed by atoms with Crippen LogP contribution in [0.4, 0.5) is 0 Å². The van der Waals surface area contributed by atoms with Crippen LogP contribution in [-0.4, -0.2) is 25.9 Å². The normalized spacial score (nSPS) is 20.8. The molecule has 2 N–H and O–H groups in total. The first-order valence-corrected chi connectivity index (χ1v) is 7.49. The molecule has 4 heteroatoms. The lowest BCUT2D eigenvalue weighted by molar-refractivity contribution is -0.0174. The number of nitrogens with two attached hydrogens (primary N) is 1. The highest BCUT2D eigenvalue weighted by Crippen LogP contribution is 2.29. The average molecular weight is 269 g/mol. The van der Waals surface area contributed by atoms with Crippen molar-refractivity contribution >= 4 is 11.3 Å². The number of aryl methyl sites for hydroxylation is 1. The lowest BCUT2D eigenvalue weighted by Crippen LogP contribution is -2.29. The predicted octanol–water partition coefficient (Wildman–Crippen LogP) is 2.89. The van der Waals surface area contributed by atoms with Gasteiger partial charge in [-0.15, -0.1) is 11.3 Å². The van der Waals surface area contributed by atoms with Crippen molar-refractivity contribution in [2.45, 2.75) is 38.8 Å². The maximum absolute atomic E-state index is 6.07. The summed E-state index contributed by atoms with van der Waals surface area (Å²) in [4.78, 5) is 2.56. The maximum Gasteiger partial charge on any atom is 0.106 e. The van der Waals surface area contributed by atoms with E-state index in [1.807, 2.05) is 6.92 Å². The monoisotopic (exact) mass is 269 g/mol. The summed E-state index contributed by atoms with van der Waals surface area (Å²) >= 11 is 1.78. The molecule has 2 rings (SSSR count). The number of rotatable bonds is 5. The molecule has 1 fully saturated rings. The summed E-state index contributed by atoms with van der Waals surface area (Å²) in [5.41, 5.74) is 6.05. The second-order valence-corrected chi connectivity index (χ2v) is 6.44. The van der Waals surface area contributed by atoms with E-state index in [2.05, 4.69) is 19.1 Å². The quantitative estimate of drug-likeness (QED) is 0.894. The molecule has 2 atom stereocenters. The number of hydrogen-bond acceptors (Lipinski definition) is 4. The summed E-state index contributed by atoms with van der Waals surface area (Å²) in [6.07, 6.45) is 2.25. The molecule has 0 radical (unpaired) electrons. The molecule has 1 aromatic rings. The lowest BCUT2D eigenvalue weighted by atomic mass is 10.0. The Bertz CT molecular complexity index is 358. The van der Waals surface area contributed by atoms with Crippen molar-refractivity contribution < 1.29 is 9.47 Å². The Hall–Kier alpha value is -0.420. The van der Waals surface area contributed by atoms with Crippen LogP contribution in [0, 0.1) is 12.8 Å². The smallest absolute Gasteiger partial charge is 0.106 e. The summed E-state index contributed by atoms with van der Waals surface area (Å²) < 4.78 is 11.4. The Morgan fingerprint density at radius 3 is 2.72 bits per heavy atom. The molecule has 0 aliphatic carbocycles. The molecule has 2 unspecified atom stereocenters. The van der Waals surface area contributed by atoms with Crippen LogP contribution in [0.5, 0.6) is 0 Å². The minimum atomic E-state index is 0.0305. The Labute approximate surface area is 113 Å². The molecule has 1 aliphatic rings. The van der Waals surface area contributed by atoms with Crippen molar-refractivity contribution in [2.75, 3.05) is 19.8 Å². The van der Waals surface area contributed by atoms with Gasteiger partial charge in [-0.1, -0.05) is 0 Å². The molecule has 102 valence electrons. The van der Waals surface area contributed by atoms with Crippen LogP contribution in [0.3, 0.4) is 0 Å². The first-order valence-electron chi connectivity index (χ1n) is 6.68. The molecule has 1 aromatic heterocycles. The topological polar surface area (TPSA) is 44.5 Å². The first kappa shape index (κ1) is 14.0. The van der Waals surface area contributed by atoms with Crippen molar-refractivity contribution in [3.05, 3.63) is 21.9 Å². The van der Waals surface area contributed by atoms with Crippen LogP contribution >= 0.6 is 11.3 Å². The van der Waals surface area contributed by atoms with Gasteiger partial charge in [-0.2, -0.15) is 0 Å². The fraction of sp³-hybridized carbons (Fsp3) is 0.714. The summed E-state index contributed by atoms with van der Waals surface area (Å²) in [6.45, 7) is 6.67. The molecule has 0 spiro atoms. The zero-order valence-corrected chi connectivity index (χ0v) is 12.0. The van der Waals surface area contributed by atoms with E-state index in [1.54, 1.807) is 11.3 Å². The van der Waals surface area contributed by atoms with Gasteiger partial charge in [-0.3, -0.25) is 0 Å².